The first kappa shape index (κ1) is 11.8. The Kier molecular flexibility index (Phi) is 2.73. The van der Waals surface area contributed by atoms with Crippen LogP contribution in [0.15, 0.2) is 23.2 Å². The van der Waals surface area contributed by atoms with Gasteiger partial charge in [0.2, 0.25) is 0 Å². The minimum atomic E-state index is -4.50. The molecule has 2 rings (SSSR count). The number of carbonyl (C=O) groups is 1. The summed E-state index contributed by atoms with van der Waals surface area (Å²) in [4.78, 5) is 14.2. The first-order valence-electron chi connectivity index (χ1n) is 4.80. The van der Waals surface area contributed by atoms with Crippen LogP contribution in [0.25, 0.3) is 5.57 Å². The fourth-order valence-electron chi connectivity index (χ4n) is 1.71. The van der Waals surface area contributed by atoms with Crippen molar-refractivity contribution in [3.63, 3.8) is 0 Å². The lowest BCUT2D eigenvalue weighted by Gasteiger charge is -2.19. The fraction of sp³-hybridized carbons (Fsp3) is 0.273. The number of benzene rings is 1. The van der Waals surface area contributed by atoms with Gasteiger partial charge in [-0.3, -0.25) is 9.79 Å². The zero-order valence-electron chi connectivity index (χ0n) is 8.46. The molecule has 0 aliphatic carbocycles. The Balaban J connectivity index is 2.67. The van der Waals surface area contributed by atoms with Crippen molar-refractivity contribution in [1.82, 2.24) is 0 Å². The van der Waals surface area contributed by atoms with Crippen LogP contribution in [0.5, 0.6) is 0 Å². The van der Waals surface area contributed by atoms with Crippen LogP contribution >= 0.6 is 0 Å². The molecule has 1 unspecified atom stereocenters. The third-order valence-corrected chi connectivity index (χ3v) is 2.53. The zero-order chi connectivity index (χ0) is 12.6. The number of hydrogen-bond acceptors (Lipinski definition) is 2. The van der Waals surface area contributed by atoms with Gasteiger partial charge < -0.3 is 0 Å². The monoisotopic (exact) mass is 245 g/mol. The molecule has 1 aromatic carbocycles. The van der Waals surface area contributed by atoms with E-state index in [9.17, 15) is 22.4 Å². The van der Waals surface area contributed by atoms with Crippen LogP contribution < -0.4 is 10.6 Å². The average Bonchev–Trinajstić information content (AvgIpc) is 2.26. The van der Waals surface area contributed by atoms with E-state index in [2.05, 4.69) is 4.99 Å². The molecule has 1 aliphatic rings. The lowest BCUT2D eigenvalue weighted by atomic mass is 10.0. The Hall–Kier alpha value is -1.72. The van der Waals surface area contributed by atoms with Crippen molar-refractivity contribution in [1.29, 1.82) is 0 Å². The molecule has 0 spiro atoms. The minimum Gasteiger partial charge on any atom is -0.298 e. The summed E-state index contributed by atoms with van der Waals surface area (Å²) in [5, 5.41) is 0.141. The normalized spacial score (nSPS) is 19.5. The van der Waals surface area contributed by atoms with Crippen LogP contribution in [-0.4, -0.2) is 18.5 Å². The standard InChI is InChI=1S/C11H7F4NO/c12-7-1-2-9-8(4-7)6(5-17)3-10(16-9)11(13,14)15/h1-2,4-5,10H,3H2. The maximum absolute atomic E-state index is 12.9. The summed E-state index contributed by atoms with van der Waals surface area (Å²) < 4.78 is 50.5. The van der Waals surface area contributed by atoms with E-state index in [-0.39, 0.29) is 16.1 Å². The second-order valence-electron chi connectivity index (χ2n) is 3.70. The summed E-state index contributed by atoms with van der Waals surface area (Å²) in [6, 6.07) is 1.26. The molecule has 6 heteroatoms. The zero-order valence-corrected chi connectivity index (χ0v) is 8.46. The molecule has 0 bridgehead atoms. The highest BCUT2D eigenvalue weighted by Gasteiger charge is 2.40. The molecule has 0 fully saturated rings. The summed E-state index contributed by atoms with van der Waals surface area (Å²) in [6.07, 6.45) is -4.71. The molecule has 1 aromatic rings. The van der Waals surface area contributed by atoms with Crippen LogP contribution in [0.2, 0.25) is 0 Å². The van der Waals surface area contributed by atoms with Gasteiger partial charge in [-0.1, -0.05) is 0 Å². The maximum atomic E-state index is 12.9. The summed E-state index contributed by atoms with van der Waals surface area (Å²) >= 11 is 0. The van der Waals surface area contributed by atoms with E-state index in [1.807, 2.05) is 0 Å². The van der Waals surface area contributed by atoms with E-state index in [0.717, 1.165) is 18.2 Å². The molecule has 1 aliphatic heterocycles. The largest absolute Gasteiger partial charge is 0.411 e. The van der Waals surface area contributed by atoms with E-state index < -0.39 is 24.5 Å². The Morgan fingerprint density at radius 2 is 2.06 bits per heavy atom. The van der Waals surface area contributed by atoms with Gasteiger partial charge in [-0.25, -0.2) is 4.39 Å². The van der Waals surface area contributed by atoms with Crippen molar-refractivity contribution in [2.24, 2.45) is 4.99 Å². The van der Waals surface area contributed by atoms with E-state index in [4.69, 9.17) is 0 Å². The number of fused-ring (bicyclic) bond motifs is 1. The summed E-state index contributed by atoms with van der Waals surface area (Å²) in [7, 11) is 0. The van der Waals surface area contributed by atoms with Crippen molar-refractivity contribution in [2.45, 2.75) is 18.6 Å². The van der Waals surface area contributed by atoms with Crippen molar-refractivity contribution < 1.29 is 22.4 Å². The molecule has 0 saturated carbocycles. The number of nitrogens with zero attached hydrogens (tertiary/aromatic N) is 1. The molecule has 0 N–H and O–H groups in total. The molecule has 1 atom stereocenters. The van der Waals surface area contributed by atoms with Crippen molar-refractivity contribution in [2.75, 3.05) is 0 Å². The number of rotatable bonds is 1. The second kappa shape index (κ2) is 3.94. The Morgan fingerprint density at radius 3 is 2.65 bits per heavy atom. The van der Waals surface area contributed by atoms with Crippen molar-refractivity contribution in [3.8, 4) is 0 Å². The van der Waals surface area contributed by atoms with Gasteiger partial charge in [0.1, 0.15) is 12.1 Å². The molecule has 90 valence electrons. The molecular weight excluding hydrogens is 238 g/mol. The van der Waals surface area contributed by atoms with Crippen LogP contribution in [0.4, 0.5) is 17.6 Å². The van der Waals surface area contributed by atoms with E-state index in [1.54, 1.807) is 0 Å². The summed E-state index contributed by atoms with van der Waals surface area (Å²) in [5.74, 6) is -0.608. The second-order valence-corrected chi connectivity index (χ2v) is 3.70. The van der Waals surface area contributed by atoms with E-state index >= 15 is 0 Å². The Bertz CT molecular complexity index is 576. The molecule has 0 amide bonds. The van der Waals surface area contributed by atoms with Gasteiger partial charge in [0.25, 0.3) is 0 Å². The van der Waals surface area contributed by atoms with Crippen LogP contribution in [0.1, 0.15) is 6.42 Å². The van der Waals surface area contributed by atoms with Gasteiger partial charge >= 0.3 is 6.18 Å². The van der Waals surface area contributed by atoms with Crippen molar-refractivity contribution >= 4 is 11.9 Å². The third-order valence-electron chi connectivity index (χ3n) is 2.53. The van der Waals surface area contributed by atoms with Crippen LogP contribution in [-0.2, 0) is 4.79 Å². The van der Waals surface area contributed by atoms with Gasteiger partial charge in [-0.05, 0) is 18.2 Å². The fourth-order valence-corrected chi connectivity index (χ4v) is 1.71. The van der Waals surface area contributed by atoms with E-state index in [0.29, 0.717) is 6.29 Å². The van der Waals surface area contributed by atoms with Gasteiger partial charge in [-0.15, -0.1) is 0 Å². The third kappa shape index (κ3) is 2.20. The first-order chi connectivity index (χ1) is 7.91. The molecule has 0 radical (unpaired) electrons. The molecular formula is C11H7F4NO. The van der Waals surface area contributed by atoms with Crippen LogP contribution in [0.3, 0.4) is 0 Å². The number of halogens is 4. The maximum Gasteiger partial charge on any atom is 0.411 e. The van der Waals surface area contributed by atoms with Gasteiger partial charge in [0, 0.05) is 17.2 Å². The minimum absolute atomic E-state index is 0.00192. The average molecular weight is 245 g/mol. The summed E-state index contributed by atoms with van der Waals surface area (Å²) in [5.41, 5.74) is -0.0724. The number of hydrogen-bond donors (Lipinski definition) is 0. The number of aldehydes is 1. The molecule has 0 aromatic heterocycles. The highest BCUT2D eigenvalue weighted by molar-refractivity contribution is 5.98. The molecule has 2 nitrogen and oxygen atoms in total. The Morgan fingerprint density at radius 1 is 1.35 bits per heavy atom. The predicted octanol–water partition coefficient (Wildman–Crippen LogP) is 1.13. The van der Waals surface area contributed by atoms with Gasteiger partial charge in [-0.2, -0.15) is 13.2 Å². The number of alkyl halides is 3. The molecule has 0 saturated heterocycles. The smallest absolute Gasteiger partial charge is 0.298 e. The van der Waals surface area contributed by atoms with Gasteiger partial charge in [0.15, 0.2) is 6.04 Å². The predicted molar refractivity (Wildman–Crippen MR) is 51.1 cm³/mol. The van der Waals surface area contributed by atoms with Crippen LogP contribution in [0, 0.1) is 5.82 Å². The topological polar surface area (TPSA) is 29.4 Å². The molecule has 1 heterocycles. The first-order valence-corrected chi connectivity index (χ1v) is 4.80. The van der Waals surface area contributed by atoms with Crippen molar-refractivity contribution in [3.05, 3.63) is 34.6 Å². The number of carbonyl (C=O) groups excluding carboxylic acids is 1. The summed E-state index contributed by atoms with van der Waals surface area (Å²) in [6.45, 7) is 0. The van der Waals surface area contributed by atoms with Gasteiger partial charge in [0.05, 0.1) is 5.36 Å². The Labute approximate surface area is 93.3 Å². The SMILES string of the molecule is O=CC1=c2cc(F)ccc2=NC(C(F)(F)F)C1. The highest BCUT2D eigenvalue weighted by Crippen LogP contribution is 2.27. The lowest BCUT2D eigenvalue weighted by molar-refractivity contribution is -0.146. The highest BCUT2D eigenvalue weighted by atomic mass is 19.4. The van der Waals surface area contributed by atoms with E-state index in [1.165, 1.54) is 0 Å². The quantitative estimate of drug-likeness (QED) is 0.538. The lowest BCUT2D eigenvalue weighted by Crippen LogP contribution is -2.40. The molecule has 17 heavy (non-hydrogen) atoms.